The molecule has 0 radical (unpaired) electrons. The standard InChI is InChI=1S/C13H25N3O2S/c1-13(2,3)18-11(17)9-16-12(14-4)15-8-10-6-5-7-19-10/h10H,5-9H2,1-4H3,(H2,14,15,16). The van der Waals surface area contributed by atoms with Gasteiger partial charge in [0.25, 0.3) is 0 Å². The van der Waals surface area contributed by atoms with Crippen LogP contribution in [0.5, 0.6) is 0 Å². The molecule has 0 bridgehead atoms. The van der Waals surface area contributed by atoms with Crippen molar-refractivity contribution in [3.05, 3.63) is 0 Å². The molecule has 1 atom stereocenters. The van der Waals surface area contributed by atoms with E-state index >= 15 is 0 Å². The SMILES string of the molecule is CN=C(NCC(=O)OC(C)(C)C)NCC1CCCS1. The Kier molecular flexibility index (Phi) is 6.48. The van der Waals surface area contributed by atoms with Crippen molar-refractivity contribution >= 4 is 23.7 Å². The van der Waals surface area contributed by atoms with Crippen molar-refractivity contribution in [3.63, 3.8) is 0 Å². The van der Waals surface area contributed by atoms with Crippen molar-refractivity contribution in [1.82, 2.24) is 10.6 Å². The van der Waals surface area contributed by atoms with Crippen LogP contribution in [-0.4, -0.2) is 48.7 Å². The van der Waals surface area contributed by atoms with Crippen molar-refractivity contribution < 1.29 is 9.53 Å². The van der Waals surface area contributed by atoms with Crippen LogP contribution in [0, 0.1) is 0 Å². The average molecular weight is 287 g/mol. The number of carbonyl (C=O) groups is 1. The number of guanidine groups is 1. The summed E-state index contributed by atoms with van der Waals surface area (Å²) in [7, 11) is 1.70. The first kappa shape index (κ1) is 16.1. The van der Waals surface area contributed by atoms with Crippen molar-refractivity contribution in [2.24, 2.45) is 4.99 Å². The summed E-state index contributed by atoms with van der Waals surface area (Å²) in [5.74, 6) is 1.63. The second-order valence-electron chi connectivity index (χ2n) is 5.53. The Morgan fingerprint density at radius 1 is 1.42 bits per heavy atom. The largest absolute Gasteiger partial charge is 0.459 e. The number of rotatable bonds is 4. The fourth-order valence-electron chi connectivity index (χ4n) is 1.77. The highest BCUT2D eigenvalue weighted by atomic mass is 32.2. The van der Waals surface area contributed by atoms with Crippen LogP contribution in [0.2, 0.25) is 0 Å². The number of hydrogen-bond donors (Lipinski definition) is 2. The Morgan fingerprint density at radius 2 is 2.16 bits per heavy atom. The minimum atomic E-state index is -0.448. The average Bonchev–Trinajstić information content (AvgIpc) is 2.80. The van der Waals surface area contributed by atoms with E-state index in [1.54, 1.807) is 7.05 Å². The van der Waals surface area contributed by atoms with E-state index in [4.69, 9.17) is 4.74 Å². The van der Waals surface area contributed by atoms with Crippen molar-refractivity contribution in [3.8, 4) is 0 Å². The van der Waals surface area contributed by atoms with Gasteiger partial charge in [-0.15, -0.1) is 0 Å². The minimum absolute atomic E-state index is 0.134. The first-order valence-corrected chi connectivity index (χ1v) is 7.73. The van der Waals surface area contributed by atoms with E-state index in [2.05, 4.69) is 15.6 Å². The molecule has 1 heterocycles. The second kappa shape index (κ2) is 7.62. The van der Waals surface area contributed by atoms with Crippen LogP contribution in [0.25, 0.3) is 0 Å². The van der Waals surface area contributed by atoms with Crippen LogP contribution in [0.4, 0.5) is 0 Å². The van der Waals surface area contributed by atoms with E-state index in [-0.39, 0.29) is 12.5 Å². The number of aliphatic imine (C=N–C) groups is 1. The molecule has 0 aliphatic carbocycles. The lowest BCUT2D eigenvalue weighted by Crippen LogP contribution is -2.43. The fraction of sp³-hybridized carbons (Fsp3) is 0.846. The number of nitrogens with one attached hydrogen (secondary N) is 2. The summed E-state index contributed by atoms with van der Waals surface area (Å²) in [5.41, 5.74) is -0.448. The molecule has 1 aliphatic rings. The third-order valence-corrected chi connectivity index (χ3v) is 3.96. The van der Waals surface area contributed by atoms with Gasteiger partial charge in [0.15, 0.2) is 5.96 Å². The van der Waals surface area contributed by atoms with Gasteiger partial charge in [0.05, 0.1) is 0 Å². The monoisotopic (exact) mass is 287 g/mol. The third kappa shape index (κ3) is 7.30. The van der Waals surface area contributed by atoms with Gasteiger partial charge in [0.1, 0.15) is 12.1 Å². The van der Waals surface area contributed by atoms with Gasteiger partial charge in [0.2, 0.25) is 0 Å². The molecular formula is C13H25N3O2S. The molecule has 1 fully saturated rings. The summed E-state index contributed by atoms with van der Waals surface area (Å²) in [4.78, 5) is 15.7. The van der Waals surface area contributed by atoms with Gasteiger partial charge < -0.3 is 15.4 Å². The summed E-state index contributed by atoms with van der Waals surface area (Å²) in [5, 5.41) is 6.86. The fourth-order valence-corrected chi connectivity index (χ4v) is 2.97. The second-order valence-corrected chi connectivity index (χ2v) is 6.94. The Bertz CT molecular complexity index is 320. The number of carbonyl (C=O) groups excluding carboxylic acids is 1. The summed E-state index contributed by atoms with van der Waals surface area (Å²) < 4.78 is 5.22. The van der Waals surface area contributed by atoms with Gasteiger partial charge in [-0.1, -0.05) is 0 Å². The van der Waals surface area contributed by atoms with Crippen molar-refractivity contribution in [2.75, 3.05) is 25.9 Å². The summed E-state index contributed by atoms with van der Waals surface area (Å²) in [6.45, 7) is 6.59. The molecule has 6 heteroatoms. The number of esters is 1. The zero-order valence-corrected chi connectivity index (χ0v) is 13.1. The maximum absolute atomic E-state index is 11.6. The quantitative estimate of drug-likeness (QED) is 0.465. The van der Waals surface area contributed by atoms with Crippen molar-refractivity contribution in [1.29, 1.82) is 0 Å². The normalized spacial score (nSPS) is 20.2. The molecule has 0 amide bonds. The van der Waals surface area contributed by atoms with Crippen LogP contribution in [0.15, 0.2) is 4.99 Å². The summed E-state index contributed by atoms with van der Waals surface area (Å²) >= 11 is 1.99. The number of thioether (sulfide) groups is 1. The smallest absolute Gasteiger partial charge is 0.325 e. The van der Waals surface area contributed by atoms with Crippen LogP contribution in [0.1, 0.15) is 33.6 Å². The highest BCUT2D eigenvalue weighted by molar-refractivity contribution is 8.00. The van der Waals surface area contributed by atoms with Gasteiger partial charge >= 0.3 is 5.97 Å². The van der Waals surface area contributed by atoms with E-state index in [1.165, 1.54) is 18.6 Å². The molecule has 1 saturated heterocycles. The van der Waals surface area contributed by atoms with Gasteiger partial charge in [0, 0.05) is 18.8 Å². The maximum atomic E-state index is 11.6. The van der Waals surface area contributed by atoms with Crippen LogP contribution in [0.3, 0.4) is 0 Å². The molecule has 19 heavy (non-hydrogen) atoms. The van der Waals surface area contributed by atoms with E-state index < -0.39 is 5.60 Å². The summed E-state index contributed by atoms with van der Waals surface area (Å²) in [6.07, 6.45) is 2.54. The molecule has 0 saturated carbocycles. The van der Waals surface area contributed by atoms with Crippen molar-refractivity contribution in [2.45, 2.75) is 44.5 Å². The molecular weight excluding hydrogens is 262 g/mol. The van der Waals surface area contributed by atoms with Crippen LogP contribution in [-0.2, 0) is 9.53 Å². The van der Waals surface area contributed by atoms with E-state index in [1.807, 2.05) is 32.5 Å². The molecule has 1 aliphatic heterocycles. The molecule has 0 aromatic heterocycles. The minimum Gasteiger partial charge on any atom is -0.459 e. The van der Waals surface area contributed by atoms with E-state index in [0.717, 1.165) is 6.54 Å². The Morgan fingerprint density at radius 3 is 2.68 bits per heavy atom. The lowest BCUT2D eigenvalue weighted by Gasteiger charge is -2.20. The Balaban J connectivity index is 2.23. The highest BCUT2D eigenvalue weighted by Crippen LogP contribution is 2.25. The van der Waals surface area contributed by atoms with Gasteiger partial charge in [-0.25, -0.2) is 0 Å². The first-order valence-electron chi connectivity index (χ1n) is 6.68. The first-order chi connectivity index (χ1) is 8.90. The predicted molar refractivity (Wildman–Crippen MR) is 80.7 cm³/mol. The maximum Gasteiger partial charge on any atom is 0.325 e. The third-order valence-electron chi connectivity index (χ3n) is 2.56. The van der Waals surface area contributed by atoms with Gasteiger partial charge in [-0.05, 0) is 39.4 Å². The molecule has 2 N–H and O–H groups in total. The number of nitrogens with zero attached hydrogens (tertiary/aromatic N) is 1. The lowest BCUT2D eigenvalue weighted by molar-refractivity contribution is -0.153. The molecule has 0 aromatic rings. The molecule has 5 nitrogen and oxygen atoms in total. The molecule has 0 spiro atoms. The Hall–Kier alpha value is -0.910. The van der Waals surface area contributed by atoms with E-state index in [9.17, 15) is 4.79 Å². The van der Waals surface area contributed by atoms with Gasteiger partial charge in [-0.3, -0.25) is 9.79 Å². The lowest BCUT2D eigenvalue weighted by atomic mass is 10.2. The topological polar surface area (TPSA) is 62.7 Å². The molecule has 1 unspecified atom stereocenters. The zero-order chi connectivity index (χ0) is 14.3. The number of ether oxygens (including phenoxy) is 1. The highest BCUT2D eigenvalue weighted by Gasteiger charge is 2.17. The summed E-state index contributed by atoms with van der Waals surface area (Å²) in [6, 6.07) is 0. The van der Waals surface area contributed by atoms with Crippen LogP contribution < -0.4 is 10.6 Å². The Labute approximate surface area is 120 Å². The molecule has 110 valence electrons. The van der Waals surface area contributed by atoms with Crippen LogP contribution >= 0.6 is 11.8 Å². The molecule has 0 aromatic carbocycles. The van der Waals surface area contributed by atoms with Gasteiger partial charge in [-0.2, -0.15) is 11.8 Å². The zero-order valence-electron chi connectivity index (χ0n) is 12.3. The predicted octanol–water partition coefficient (Wildman–Crippen LogP) is 1.39. The molecule has 1 rings (SSSR count). The number of hydrogen-bond acceptors (Lipinski definition) is 4. The van der Waals surface area contributed by atoms with E-state index in [0.29, 0.717) is 11.2 Å².